The van der Waals surface area contributed by atoms with E-state index in [0.717, 1.165) is 29.5 Å². The fourth-order valence-electron chi connectivity index (χ4n) is 2.57. The molecule has 106 valence electrons. The molecule has 0 amide bonds. The van der Waals surface area contributed by atoms with Crippen molar-refractivity contribution >= 4 is 23.8 Å². The first-order valence-electron chi connectivity index (χ1n) is 7.18. The number of carbonyl (C=O) groups excluding carboxylic acids is 1. The SMILES string of the molecule is CCC1Sc2ccccc2C(c2ccccc2)=NC1C=O. The Morgan fingerprint density at radius 3 is 2.52 bits per heavy atom. The van der Waals surface area contributed by atoms with Gasteiger partial charge in [0.2, 0.25) is 0 Å². The van der Waals surface area contributed by atoms with E-state index in [2.05, 4.69) is 31.2 Å². The lowest BCUT2D eigenvalue weighted by Gasteiger charge is -2.15. The monoisotopic (exact) mass is 295 g/mol. The largest absolute Gasteiger partial charge is 0.301 e. The van der Waals surface area contributed by atoms with E-state index in [0.29, 0.717) is 0 Å². The molecule has 3 heteroatoms. The molecule has 0 saturated carbocycles. The average molecular weight is 295 g/mol. The molecule has 1 heterocycles. The minimum Gasteiger partial charge on any atom is -0.301 e. The van der Waals surface area contributed by atoms with E-state index in [-0.39, 0.29) is 11.3 Å². The number of hydrogen-bond donors (Lipinski definition) is 0. The standard InChI is InChI=1S/C18H17NOS/c1-2-16-15(12-20)19-18(13-8-4-3-5-9-13)14-10-6-7-11-17(14)21-16/h3-12,15-16H,2H2,1H3. The highest BCUT2D eigenvalue weighted by atomic mass is 32.2. The maximum absolute atomic E-state index is 11.5. The number of aldehydes is 1. The van der Waals surface area contributed by atoms with Gasteiger partial charge in [0.25, 0.3) is 0 Å². The minimum atomic E-state index is -0.289. The first-order chi connectivity index (χ1) is 10.3. The molecular formula is C18H17NOS. The van der Waals surface area contributed by atoms with Crippen molar-refractivity contribution in [1.29, 1.82) is 0 Å². The van der Waals surface area contributed by atoms with Gasteiger partial charge >= 0.3 is 0 Å². The molecule has 1 aliphatic heterocycles. The second-order valence-electron chi connectivity index (χ2n) is 5.03. The van der Waals surface area contributed by atoms with E-state index in [1.54, 1.807) is 11.8 Å². The quantitative estimate of drug-likeness (QED) is 0.802. The Balaban J connectivity index is 2.18. The molecule has 0 aromatic heterocycles. The number of hydrogen-bond acceptors (Lipinski definition) is 3. The molecule has 0 radical (unpaired) electrons. The molecule has 2 atom stereocenters. The first-order valence-corrected chi connectivity index (χ1v) is 8.06. The number of fused-ring (bicyclic) bond motifs is 1. The van der Waals surface area contributed by atoms with E-state index in [1.165, 1.54) is 4.90 Å². The summed E-state index contributed by atoms with van der Waals surface area (Å²) < 4.78 is 0. The van der Waals surface area contributed by atoms with Gasteiger partial charge < -0.3 is 4.79 Å². The Morgan fingerprint density at radius 2 is 1.81 bits per heavy atom. The van der Waals surface area contributed by atoms with Gasteiger partial charge in [-0.25, -0.2) is 0 Å². The van der Waals surface area contributed by atoms with Crippen molar-refractivity contribution < 1.29 is 4.79 Å². The fraction of sp³-hybridized carbons (Fsp3) is 0.222. The number of carbonyl (C=O) groups is 1. The maximum Gasteiger partial charge on any atom is 0.145 e. The second-order valence-corrected chi connectivity index (χ2v) is 6.31. The van der Waals surface area contributed by atoms with E-state index >= 15 is 0 Å². The van der Waals surface area contributed by atoms with Crippen molar-refractivity contribution in [2.75, 3.05) is 0 Å². The van der Waals surface area contributed by atoms with E-state index in [4.69, 9.17) is 4.99 Å². The molecule has 2 aromatic carbocycles. The third-order valence-electron chi connectivity index (χ3n) is 3.67. The summed E-state index contributed by atoms with van der Waals surface area (Å²) in [5.74, 6) is 0. The highest BCUT2D eigenvalue weighted by Gasteiger charge is 2.26. The van der Waals surface area contributed by atoms with Crippen molar-refractivity contribution in [2.45, 2.75) is 29.5 Å². The Bertz CT molecular complexity index is 666. The van der Waals surface area contributed by atoms with Crippen LogP contribution in [-0.2, 0) is 4.79 Å². The third kappa shape index (κ3) is 2.79. The summed E-state index contributed by atoms with van der Waals surface area (Å²) in [7, 11) is 0. The molecule has 1 aliphatic rings. The predicted octanol–water partition coefficient (Wildman–Crippen LogP) is 3.98. The lowest BCUT2D eigenvalue weighted by Crippen LogP contribution is -2.22. The second kappa shape index (κ2) is 6.27. The van der Waals surface area contributed by atoms with Gasteiger partial charge in [0.15, 0.2) is 0 Å². The summed E-state index contributed by atoms with van der Waals surface area (Å²) in [6.07, 6.45) is 1.91. The van der Waals surface area contributed by atoms with Crippen LogP contribution in [0, 0.1) is 0 Å². The maximum atomic E-state index is 11.5. The van der Waals surface area contributed by atoms with Crippen LogP contribution in [-0.4, -0.2) is 23.3 Å². The Morgan fingerprint density at radius 1 is 1.10 bits per heavy atom. The van der Waals surface area contributed by atoms with Gasteiger partial charge in [0, 0.05) is 21.3 Å². The zero-order valence-corrected chi connectivity index (χ0v) is 12.7. The van der Waals surface area contributed by atoms with Crippen LogP contribution in [0.5, 0.6) is 0 Å². The van der Waals surface area contributed by atoms with Crippen LogP contribution in [0.4, 0.5) is 0 Å². The smallest absolute Gasteiger partial charge is 0.145 e. The van der Waals surface area contributed by atoms with Gasteiger partial charge in [-0.1, -0.05) is 55.5 Å². The summed E-state index contributed by atoms with van der Waals surface area (Å²) in [5, 5.41) is 0.199. The Hall–Kier alpha value is -1.87. The minimum absolute atomic E-state index is 0.199. The molecule has 0 aliphatic carbocycles. The Labute approximate surface area is 129 Å². The molecule has 3 rings (SSSR count). The lowest BCUT2D eigenvalue weighted by molar-refractivity contribution is -0.108. The van der Waals surface area contributed by atoms with Crippen LogP contribution in [0.3, 0.4) is 0 Å². The molecule has 21 heavy (non-hydrogen) atoms. The van der Waals surface area contributed by atoms with Crippen molar-refractivity contribution in [1.82, 2.24) is 0 Å². The number of benzene rings is 2. The zero-order chi connectivity index (χ0) is 14.7. The summed E-state index contributed by atoms with van der Waals surface area (Å²) in [5.41, 5.74) is 3.11. The average Bonchev–Trinajstić information content (AvgIpc) is 2.72. The molecular weight excluding hydrogens is 278 g/mol. The molecule has 2 aromatic rings. The molecule has 0 saturated heterocycles. The third-order valence-corrected chi connectivity index (χ3v) is 5.19. The lowest BCUT2D eigenvalue weighted by atomic mass is 10.0. The van der Waals surface area contributed by atoms with E-state index < -0.39 is 0 Å². The first kappa shape index (κ1) is 14.1. The molecule has 0 bridgehead atoms. The molecule has 2 nitrogen and oxygen atoms in total. The van der Waals surface area contributed by atoms with Gasteiger partial charge in [-0.05, 0) is 12.5 Å². The molecule has 0 N–H and O–H groups in total. The van der Waals surface area contributed by atoms with Crippen LogP contribution in [0.2, 0.25) is 0 Å². The zero-order valence-electron chi connectivity index (χ0n) is 11.9. The van der Waals surface area contributed by atoms with Crippen molar-refractivity contribution in [3.63, 3.8) is 0 Å². The summed E-state index contributed by atoms with van der Waals surface area (Å²) >= 11 is 1.76. The number of rotatable bonds is 3. The van der Waals surface area contributed by atoms with Gasteiger partial charge in [0.1, 0.15) is 12.3 Å². The van der Waals surface area contributed by atoms with Crippen molar-refractivity contribution in [3.05, 3.63) is 65.7 Å². The summed E-state index contributed by atoms with van der Waals surface area (Å²) in [4.78, 5) is 17.5. The predicted molar refractivity (Wildman–Crippen MR) is 88.3 cm³/mol. The molecule has 2 unspecified atom stereocenters. The molecule has 0 fully saturated rings. The van der Waals surface area contributed by atoms with Crippen LogP contribution >= 0.6 is 11.8 Å². The number of thioether (sulfide) groups is 1. The van der Waals surface area contributed by atoms with Crippen LogP contribution in [0.15, 0.2) is 64.5 Å². The highest BCUT2D eigenvalue weighted by molar-refractivity contribution is 8.00. The summed E-state index contributed by atoms with van der Waals surface area (Å²) in [6, 6.07) is 18.1. The van der Waals surface area contributed by atoms with Crippen LogP contribution in [0.1, 0.15) is 24.5 Å². The van der Waals surface area contributed by atoms with Crippen molar-refractivity contribution in [2.24, 2.45) is 4.99 Å². The van der Waals surface area contributed by atoms with Crippen molar-refractivity contribution in [3.8, 4) is 0 Å². The normalized spacial score (nSPS) is 21.1. The summed E-state index contributed by atoms with van der Waals surface area (Å²) in [6.45, 7) is 2.11. The van der Waals surface area contributed by atoms with Gasteiger partial charge in [-0.15, -0.1) is 11.8 Å². The van der Waals surface area contributed by atoms with Crippen LogP contribution < -0.4 is 0 Å². The van der Waals surface area contributed by atoms with Gasteiger partial charge in [-0.3, -0.25) is 4.99 Å². The van der Waals surface area contributed by atoms with Gasteiger partial charge in [-0.2, -0.15) is 0 Å². The topological polar surface area (TPSA) is 29.4 Å². The number of aliphatic imine (C=N–C) groups is 1. The van der Waals surface area contributed by atoms with Crippen LogP contribution in [0.25, 0.3) is 0 Å². The van der Waals surface area contributed by atoms with E-state index in [1.807, 2.05) is 30.3 Å². The number of nitrogens with zero attached hydrogens (tertiary/aromatic N) is 1. The molecule has 0 spiro atoms. The Kier molecular flexibility index (Phi) is 4.20. The van der Waals surface area contributed by atoms with Gasteiger partial charge in [0.05, 0.1) is 5.71 Å². The highest BCUT2D eigenvalue weighted by Crippen LogP contribution is 2.35. The van der Waals surface area contributed by atoms with E-state index in [9.17, 15) is 4.79 Å². The fourth-order valence-corrected chi connectivity index (χ4v) is 3.77.